The highest BCUT2D eigenvalue weighted by atomic mass is 16.4. The van der Waals surface area contributed by atoms with E-state index in [0.717, 1.165) is 6.42 Å². The van der Waals surface area contributed by atoms with E-state index >= 15 is 0 Å². The van der Waals surface area contributed by atoms with Crippen LogP contribution in [-0.4, -0.2) is 64.0 Å². The number of carbonyl (C=O) groups is 3. The summed E-state index contributed by atoms with van der Waals surface area (Å²) in [4.78, 5) is 38.5. The van der Waals surface area contributed by atoms with Crippen LogP contribution in [0, 0.1) is 0 Å². The molecule has 3 amide bonds. The number of carbonyl (C=O) groups excluding carboxylic acids is 2. The average molecular weight is 283 g/mol. The summed E-state index contributed by atoms with van der Waals surface area (Å²) in [5.74, 6) is -1.07. The van der Waals surface area contributed by atoms with Crippen LogP contribution >= 0.6 is 0 Å². The minimum absolute atomic E-state index is 0.0355. The fourth-order valence-electron chi connectivity index (χ4n) is 2.89. The summed E-state index contributed by atoms with van der Waals surface area (Å²) >= 11 is 0. The molecule has 7 heteroatoms. The van der Waals surface area contributed by atoms with Gasteiger partial charge >= 0.3 is 12.0 Å². The number of likely N-dealkylation sites (tertiary alicyclic amines) is 1. The topological polar surface area (TPSA) is 90.0 Å². The van der Waals surface area contributed by atoms with E-state index in [1.165, 1.54) is 0 Å². The van der Waals surface area contributed by atoms with Crippen LogP contribution in [-0.2, 0) is 9.59 Å². The molecule has 7 nitrogen and oxygen atoms in total. The van der Waals surface area contributed by atoms with Crippen molar-refractivity contribution in [3.8, 4) is 0 Å². The van der Waals surface area contributed by atoms with E-state index in [1.807, 2.05) is 0 Å². The lowest BCUT2D eigenvalue weighted by Crippen LogP contribution is -2.65. The molecule has 2 aliphatic rings. The molecule has 0 aliphatic carbocycles. The van der Waals surface area contributed by atoms with E-state index in [1.54, 1.807) is 23.6 Å². The molecule has 0 spiro atoms. The van der Waals surface area contributed by atoms with Crippen molar-refractivity contribution < 1.29 is 19.5 Å². The van der Waals surface area contributed by atoms with Gasteiger partial charge in [0, 0.05) is 25.7 Å². The predicted molar refractivity (Wildman–Crippen MR) is 71.2 cm³/mol. The number of hydrogen-bond acceptors (Lipinski definition) is 3. The van der Waals surface area contributed by atoms with Crippen molar-refractivity contribution in [2.45, 2.75) is 44.7 Å². The monoisotopic (exact) mass is 283 g/mol. The molecule has 2 rings (SSSR count). The Morgan fingerprint density at radius 2 is 2.10 bits per heavy atom. The first-order valence-corrected chi connectivity index (χ1v) is 6.92. The quantitative estimate of drug-likeness (QED) is 0.760. The van der Waals surface area contributed by atoms with Gasteiger partial charge in [-0.25, -0.2) is 4.79 Å². The van der Waals surface area contributed by atoms with Crippen LogP contribution in [0.1, 0.15) is 33.1 Å². The molecule has 0 bridgehead atoms. The first-order chi connectivity index (χ1) is 9.34. The Balaban J connectivity index is 2.13. The van der Waals surface area contributed by atoms with E-state index in [2.05, 4.69) is 5.32 Å². The number of carboxylic acids is 1. The minimum Gasteiger partial charge on any atom is -0.481 e. The molecule has 1 unspecified atom stereocenters. The zero-order chi connectivity index (χ0) is 14.9. The van der Waals surface area contributed by atoms with E-state index in [-0.39, 0.29) is 24.4 Å². The second kappa shape index (κ2) is 5.30. The SMILES string of the molecule is CC1(C)C(=O)NCCN1C(=O)N1CCCC1CC(=O)O. The summed E-state index contributed by atoms with van der Waals surface area (Å²) in [7, 11) is 0. The molecule has 0 aromatic heterocycles. The molecule has 0 aromatic carbocycles. The number of urea groups is 1. The van der Waals surface area contributed by atoms with Crippen LogP contribution < -0.4 is 5.32 Å². The van der Waals surface area contributed by atoms with Crippen molar-refractivity contribution in [1.29, 1.82) is 0 Å². The van der Waals surface area contributed by atoms with E-state index in [0.29, 0.717) is 26.1 Å². The second-order valence-electron chi connectivity index (χ2n) is 5.84. The van der Waals surface area contributed by atoms with Gasteiger partial charge in [0.2, 0.25) is 5.91 Å². The van der Waals surface area contributed by atoms with Gasteiger partial charge in [-0.1, -0.05) is 0 Å². The van der Waals surface area contributed by atoms with Gasteiger partial charge in [-0.3, -0.25) is 9.59 Å². The number of amides is 3. The van der Waals surface area contributed by atoms with E-state index < -0.39 is 11.5 Å². The Labute approximate surface area is 117 Å². The van der Waals surface area contributed by atoms with Gasteiger partial charge in [0.15, 0.2) is 0 Å². The zero-order valence-corrected chi connectivity index (χ0v) is 11.9. The number of piperazine rings is 1. The fraction of sp³-hybridized carbons (Fsp3) is 0.769. The average Bonchev–Trinajstić information content (AvgIpc) is 2.79. The zero-order valence-electron chi connectivity index (χ0n) is 11.9. The molecule has 2 heterocycles. The highest BCUT2D eigenvalue weighted by Crippen LogP contribution is 2.26. The highest BCUT2D eigenvalue weighted by molar-refractivity contribution is 5.91. The van der Waals surface area contributed by atoms with Crippen LogP contribution in [0.2, 0.25) is 0 Å². The third kappa shape index (κ3) is 2.57. The molecule has 0 radical (unpaired) electrons. The highest BCUT2D eigenvalue weighted by Gasteiger charge is 2.44. The molecule has 1 atom stereocenters. The summed E-state index contributed by atoms with van der Waals surface area (Å²) in [6, 6.07) is -0.491. The summed E-state index contributed by atoms with van der Waals surface area (Å²) in [5, 5.41) is 11.7. The molecule has 2 aliphatic heterocycles. The maximum absolute atomic E-state index is 12.6. The lowest BCUT2D eigenvalue weighted by atomic mass is 9.99. The standard InChI is InChI=1S/C13H21N3O4/c1-13(2)11(19)14-5-7-16(13)12(20)15-6-3-4-9(15)8-10(17)18/h9H,3-8H2,1-2H3,(H,14,19)(H,17,18). The van der Waals surface area contributed by atoms with Gasteiger partial charge in [-0.15, -0.1) is 0 Å². The molecule has 2 N–H and O–H groups in total. The summed E-state index contributed by atoms with van der Waals surface area (Å²) in [5.41, 5.74) is -0.897. The van der Waals surface area contributed by atoms with Gasteiger partial charge in [0.1, 0.15) is 5.54 Å². The van der Waals surface area contributed by atoms with Crippen molar-refractivity contribution in [3.63, 3.8) is 0 Å². The maximum atomic E-state index is 12.6. The van der Waals surface area contributed by atoms with Gasteiger partial charge in [-0.2, -0.15) is 0 Å². The van der Waals surface area contributed by atoms with Gasteiger partial charge in [0.05, 0.1) is 6.42 Å². The fourth-order valence-corrected chi connectivity index (χ4v) is 2.89. The molecule has 2 fully saturated rings. The minimum atomic E-state index is -0.898. The lowest BCUT2D eigenvalue weighted by molar-refractivity contribution is -0.138. The molecule has 112 valence electrons. The number of aliphatic carboxylic acids is 1. The van der Waals surface area contributed by atoms with Crippen LogP contribution in [0.5, 0.6) is 0 Å². The Kier molecular flexibility index (Phi) is 3.87. The van der Waals surface area contributed by atoms with Crippen LogP contribution in [0.25, 0.3) is 0 Å². The predicted octanol–water partition coefficient (Wildman–Crippen LogP) is 0.256. The number of nitrogens with zero attached hydrogens (tertiary/aromatic N) is 2. The second-order valence-corrected chi connectivity index (χ2v) is 5.84. The molecular formula is C13H21N3O4. The molecule has 0 aromatic rings. The van der Waals surface area contributed by atoms with Gasteiger partial charge in [0.25, 0.3) is 0 Å². The largest absolute Gasteiger partial charge is 0.481 e. The van der Waals surface area contributed by atoms with Gasteiger partial charge < -0.3 is 20.2 Å². The number of hydrogen-bond donors (Lipinski definition) is 2. The Morgan fingerprint density at radius 1 is 1.40 bits per heavy atom. The van der Waals surface area contributed by atoms with Crippen molar-refractivity contribution >= 4 is 17.9 Å². The van der Waals surface area contributed by atoms with E-state index in [4.69, 9.17) is 5.11 Å². The van der Waals surface area contributed by atoms with Gasteiger partial charge in [-0.05, 0) is 26.7 Å². The number of carboxylic acid groups (broad SMARTS) is 1. The third-order valence-corrected chi connectivity index (χ3v) is 4.12. The summed E-state index contributed by atoms with van der Waals surface area (Å²) < 4.78 is 0. The Hall–Kier alpha value is -1.79. The normalized spacial score (nSPS) is 25.5. The van der Waals surface area contributed by atoms with Crippen LogP contribution in [0.3, 0.4) is 0 Å². The molecule has 0 saturated carbocycles. The first kappa shape index (κ1) is 14.6. The maximum Gasteiger partial charge on any atom is 0.321 e. The number of nitrogens with one attached hydrogen (secondary N) is 1. The molecule has 20 heavy (non-hydrogen) atoms. The van der Waals surface area contributed by atoms with E-state index in [9.17, 15) is 14.4 Å². The summed E-state index contributed by atoms with van der Waals surface area (Å²) in [6.45, 7) is 4.87. The first-order valence-electron chi connectivity index (χ1n) is 6.92. The van der Waals surface area contributed by atoms with Crippen molar-refractivity contribution in [3.05, 3.63) is 0 Å². The third-order valence-electron chi connectivity index (χ3n) is 4.12. The number of rotatable bonds is 2. The molecular weight excluding hydrogens is 262 g/mol. The van der Waals surface area contributed by atoms with Crippen LogP contribution in [0.15, 0.2) is 0 Å². The van der Waals surface area contributed by atoms with Crippen molar-refractivity contribution in [2.24, 2.45) is 0 Å². The Bertz CT molecular complexity index is 435. The van der Waals surface area contributed by atoms with Crippen molar-refractivity contribution in [1.82, 2.24) is 15.1 Å². The Morgan fingerprint density at radius 3 is 2.75 bits per heavy atom. The lowest BCUT2D eigenvalue weighted by Gasteiger charge is -2.43. The van der Waals surface area contributed by atoms with Crippen molar-refractivity contribution in [2.75, 3.05) is 19.6 Å². The molecule has 2 saturated heterocycles. The van der Waals surface area contributed by atoms with Crippen LogP contribution in [0.4, 0.5) is 4.79 Å². The smallest absolute Gasteiger partial charge is 0.321 e. The summed E-state index contributed by atoms with van der Waals surface area (Å²) in [6.07, 6.45) is 1.48.